The molecule has 1 aliphatic heterocycles. The van der Waals surface area contributed by atoms with Crippen molar-refractivity contribution in [3.05, 3.63) is 0 Å². The largest absolute Gasteiger partial charge is 0.370 e. The van der Waals surface area contributed by atoms with Crippen molar-refractivity contribution in [3.63, 3.8) is 0 Å². The van der Waals surface area contributed by atoms with Crippen LogP contribution in [0.4, 0.5) is 0 Å². The third-order valence-electron chi connectivity index (χ3n) is 3.98. The minimum Gasteiger partial charge on any atom is -0.370 e. The molecule has 1 unspecified atom stereocenters. The standard InChI is InChI=1S/C14H27N3S/c15-14(16-10-12-6-5-9-18-11-12)17-13-7-3-1-2-4-8-13/h12-13H,1-11H2,(H3,15,16,17). The fraction of sp³-hybridized carbons (Fsp3) is 0.929. The fourth-order valence-electron chi connectivity index (χ4n) is 2.86. The van der Waals surface area contributed by atoms with E-state index < -0.39 is 0 Å². The van der Waals surface area contributed by atoms with Crippen molar-refractivity contribution in [1.82, 2.24) is 5.32 Å². The number of hydrogen-bond acceptors (Lipinski definition) is 2. The molecule has 4 heteroatoms. The van der Waals surface area contributed by atoms with Crippen molar-refractivity contribution >= 4 is 17.7 Å². The van der Waals surface area contributed by atoms with E-state index in [-0.39, 0.29) is 0 Å². The second-order valence-corrected chi connectivity index (χ2v) is 6.79. The molecule has 1 heterocycles. The smallest absolute Gasteiger partial charge is 0.188 e. The minimum absolute atomic E-state index is 0.567. The van der Waals surface area contributed by atoms with Crippen LogP contribution in [0.15, 0.2) is 4.99 Å². The summed E-state index contributed by atoms with van der Waals surface area (Å²) in [6.45, 7) is 0.915. The topological polar surface area (TPSA) is 50.4 Å². The van der Waals surface area contributed by atoms with Crippen LogP contribution in [0.3, 0.4) is 0 Å². The molecule has 1 saturated heterocycles. The quantitative estimate of drug-likeness (QED) is 0.470. The zero-order valence-corrected chi connectivity index (χ0v) is 12.2. The third-order valence-corrected chi connectivity index (χ3v) is 5.27. The average Bonchev–Trinajstić information content (AvgIpc) is 2.66. The number of nitrogens with one attached hydrogen (secondary N) is 1. The van der Waals surface area contributed by atoms with Crippen molar-refractivity contribution in [2.45, 2.75) is 57.4 Å². The molecule has 2 rings (SSSR count). The maximum Gasteiger partial charge on any atom is 0.188 e. The maximum atomic E-state index is 6.00. The van der Waals surface area contributed by atoms with E-state index in [4.69, 9.17) is 5.73 Å². The van der Waals surface area contributed by atoms with Crippen LogP contribution in [0.2, 0.25) is 0 Å². The van der Waals surface area contributed by atoms with E-state index in [1.54, 1.807) is 0 Å². The molecule has 0 radical (unpaired) electrons. The molecule has 0 bridgehead atoms. The molecular weight excluding hydrogens is 242 g/mol. The van der Waals surface area contributed by atoms with Crippen LogP contribution in [0.25, 0.3) is 0 Å². The van der Waals surface area contributed by atoms with Crippen LogP contribution in [0.5, 0.6) is 0 Å². The first-order chi connectivity index (χ1) is 8.84. The Bertz CT molecular complexity index is 254. The predicted molar refractivity (Wildman–Crippen MR) is 81.2 cm³/mol. The Morgan fingerprint density at radius 2 is 1.89 bits per heavy atom. The molecule has 18 heavy (non-hydrogen) atoms. The normalized spacial score (nSPS) is 27.8. The Kier molecular flexibility index (Phi) is 6.18. The molecule has 3 N–H and O–H groups in total. The van der Waals surface area contributed by atoms with Crippen molar-refractivity contribution in [1.29, 1.82) is 0 Å². The van der Waals surface area contributed by atoms with Gasteiger partial charge < -0.3 is 11.1 Å². The van der Waals surface area contributed by atoms with Gasteiger partial charge in [-0.25, -0.2) is 0 Å². The van der Waals surface area contributed by atoms with Gasteiger partial charge in [-0.1, -0.05) is 25.7 Å². The van der Waals surface area contributed by atoms with Crippen LogP contribution < -0.4 is 11.1 Å². The summed E-state index contributed by atoms with van der Waals surface area (Å²) in [5.74, 6) is 4.02. The predicted octanol–water partition coefficient (Wildman–Crippen LogP) is 2.76. The fourth-order valence-corrected chi connectivity index (χ4v) is 4.00. The summed E-state index contributed by atoms with van der Waals surface area (Å²) in [4.78, 5) is 4.54. The molecule has 3 nitrogen and oxygen atoms in total. The van der Waals surface area contributed by atoms with E-state index in [2.05, 4.69) is 22.1 Å². The lowest BCUT2D eigenvalue weighted by Crippen LogP contribution is -2.40. The number of guanidine groups is 1. The van der Waals surface area contributed by atoms with Gasteiger partial charge in [0, 0.05) is 12.6 Å². The molecule has 2 fully saturated rings. The van der Waals surface area contributed by atoms with Gasteiger partial charge in [-0.2, -0.15) is 11.8 Å². The van der Waals surface area contributed by atoms with E-state index in [0.29, 0.717) is 12.0 Å². The molecule has 0 aromatic heterocycles. The molecular formula is C14H27N3S. The molecule has 1 atom stereocenters. The maximum absolute atomic E-state index is 6.00. The Balaban J connectivity index is 1.70. The molecule has 2 aliphatic rings. The highest BCUT2D eigenvalue weighted by Gasteiger charge is 2.14. The van der Waals surface area contributed by atoms with Crippen molar-refractivity contribution in [3.8, 4) is 0 Å². The first kappa shape index (κ1) is 14.0. The van der Waals surface area contributed by atoms with E-state index >= 15 is 0 Å². The molecule has 104 valence electrons. The summed E-state index contributed by atoms with van der Waals surface area (Å²) in [6.07, 6.45) is 10.6. The Hall–Kier alpha value is -0.380. The van der Waals surface area contributed by atoms with Gasteiger partial charge in [-0.05, 0) is 43.1 Å². The van der Waals surface area contributed by atoms with Gasteiger partial charge in [-0.3, -0.25) is 4.99 Å². The molecule has 0 aromatic carbocycles. The SMILES string of the molecule is NC(=NCC1CCCSC1)NC1CCCCCC1. The lowest BCUT2D eigenvalue weighted by atomic mass is 10.1. The monoisotopic (exact) mass is 269 g/mol. The van der Waals surface area contributed by atoms with E-state index in [1.807, 2.05) is 0 Å². The van der Waals surface area contributed by atoms with Crippen LogP contribution in [-0.4, -0.2) is 30.1 Å². The van der Waals surface area contributed by atoms with Crippen molar-refractivity contribution < 1.29 is 0 Å². The van der Waals surface area contributed by atoms with Gasteiger partial charge in [0.1, 0.15) is 0 Å². The lowest BCUT2D eigenvalue weighted by molar-refractivity contribution is 0.518. The molecule has 0 spiro atoms. The van der Waals surface area contributed by atoms with Gasteiger partial charge in [0.05, 0.1) is 0 Å². The first-order valence-electron chi connectivity index (χ1n) is 7.49. The minimum atomic E-state index is 0.567. The van der Waals surface area contributed by atoms with Gasteiger partial charge in [0.15, 0.2) is 5.96 Å². The summed E-state index contributed by atoms with van der Waals surface area (Å²) >= 11 is 2.06. The Morgan fingerprint density at radius 3 is 2.56 bits per heavy atom. The zero-order chi connectivity index (χ0) is 12.6. The second-order valence-electron chi connectivity index (χ2n) is 5.64. The first-order valence-corrected chi connectivity index (χ1v) is 8.64. The number of nitrogens with zero attached hydrogens (tertiary/aromatic N) is 1. The number of nitrogens with two attached hydrogens (primary N) is 1. The van der Waals surface area contributed by atoms with Crippen LogP contribution in [0.1, 0.15) is 51.4 Å². The van der Waals surface area contributed by atoms with Gasteiger partial charge >= 0.3 is 0 Å². The van der Waals surface area contributed by atoms with Crippen LogP contribution in [0, 0.1) is 5.92 Å². The lowest BCUT2D eigenvalue weighted by Gasteiger charge is -2.20. The highest BCUT2D eigenvalue weighted by atomic mass is 32.2. The summed E-state index contributed by atoms with van der Waals surface area (Å²) in [7, 11) is 0. The summed E-state index contributed by atoms with van der Waals surface area (Å²) < 4.78 is 0. The molecule has 1 aliphatic carbocycles. The highest BCUT2D eigenvalue weighted by Crippen LogP contribution is 2.22. The number of thioether (sulfide) groups is 1. The zero-order valence-electron chi connectivity index (χ0n) is 11.4. The number of rotatable bonds is 3. The average molecular weight is 269 g/mol. The molecule has 0 aromatic rings. The summed E-state index contributed by atoms with van der Waals surface area (Å²) in [5, 5.41) is 3.42. The van der Waals surface area contributed by atoms with E-state index in [1.165, 1.54) is 62.9 Å². The van der Waals surface area contributed by atoms with Crippen LogP contribution >= 0.6 is 11.8 Å². The highest BCUT2D eigenvalue weighted by molar-refractivity contribution is 7.99. The van der Waals surface area contributed by atoms with Gasteiger partial charge in [0.2, 0.25) is 0 Å². The third kappa shape index (κ3) is 5.09. The van der Waals surface area contributed by atoms with Crippen LogP contribution in [-0.2, 0) is 0 Å². The Morgan fingerprint density at radius 1 is 1.11 bits per heavy atom. The van der Waals surface area contributed by atoms with E-state index in [0.717, 1.165) is 12.5 Å². The Labute approximate surface area is 115 Å². The van der Waals surface area contributed by atoms with Crippen molar-refractivity contribution in [2.75, 3.05) is 18.1 Å². The second kappa shape index (κ2) is 7.93. The number of hydrogen-bond donors (Lipinski definition) is 2. The van der Waals surface area contributed by atoms with Gasteiger partial charge in [0.25, 0.3) is 0 Å². The summed E-state index contributed by atoms with van der Waals surface area (Å²) in [6, 6.07) is 0.567. The van der Waals surface area contributed by atoms with Crippen molar-refractivity contribution in [2.24, 2.45) is 16.6 Å². The van der Waals surface area contributed by atoms with E-state index in [9.17, 15) is 0 Å². The summed E-state index contributed by atoms with van der Waals surface area (Å²) in [5.41, 5.74) is 6.00. The number of aliphatic imine (C=N–C) groups is 1. The molecule has 1 saturated carbocycles. The van der Waals surface area contributed by atoms with Gasteiger partial charge in [-0.15, -0.1) is 0 Å². The molecule has 0 amide bonds.